The number of nitrogens with zero attached hydrogens (tertiary/aromatic N) is 2. The summed E-state index contributed by atoms with van der Waals surface area (Å²) in [5, 5.41) is 0. The second-order valence-corrected chi connectivity index (χ2v) is 3.70. The molecule has 0 saturated carbocycles. The summed E-state index contributed by atoms with van der Waals surface area (Å²) in [6.45, 7) is 0. The molecular formula is C13H9N3O. The first-order valence-corrected chi connectivity index (χ1v) is 5.23. The topological polar surface area (TPSA) is 58.6 Å². The smallest absolute Gasteiger partial charge is 0.248 e. The largest absolute Gasteiger partial charge is 0.329 e. The van der Waals surface area contributed by atoms with E-state index >= 15 is 0 Å². The molecule has 2 heterocycles. The summed E-state index contributed by atoms with van der Waals surface area (Å²) in [5.41, 5.74) is 3.40. The van der Waals surface area contributed by atoms with Crippen LogP contribution in [0.4, 0.5) is 0 Å². The Hall–Kier alpha value is -2.49. The summed E-state index contributed by atoms with van der Waals surface area (Å²) in [4.78, 5) is 22.3. The average Bonchev–Trinajstić information content (AvgIpc) is 2.38. The monoisotopic (exact) mass is 223 g/mol. The van der Waals surface area contributed by atoms with Gasteiger partial charge in [0.05, 0.1) is 11.0 Å². The first-order chi connectivity index (χ1) is 8.33. The first kappa shape index (κ1) is 9.72. The molecule has 1 aromatic carbocycles. The van der Waals surface area contributed by atoms with Gasteiger partial charge in [-0.3, -0.25) is 14.8 Å². The zero-order chi connectivity index (χ0) is 11.7. The Balaban J connectivity index is 2.21. The standard InChI is InChI=1S/C13H9N3O/c17-13-8-10(3-4-16-13)9-1-2-11-12(7-9)15-6-5-14-11/h1-8H,(H,16,17). The van der Waals surface area contributed by atoms with Gasteiger partial charge in [-0.15, -0.1) is 0 Å². The molecule has 0 aliphatic carbocycles. The minimum Gasteiger partial charge on any atom is -0.329 e. The highest BCUT2D eigenvalue weighted by Crippen LogP contribution is 2.20. The van der Waals surface area contributed by atoms with Crippen LogP contribution in [0, 0.1) is 0 Å². The molecule has 0 spiro atoms. The van der Waals surface area contributed by atoms with Crippen LogP contribution in [-0.2, 0) is 0 Å². The van der Waals surface area contributed by atoms with E-state index in [9.17, 15) is 4.79 Å². The Morgan fingerprint density at radius 3 is 2.47 bits per heavy atom. The van der Waals surface area contributed by atoms with Crippen LogP contribution < -0.4 is 5.56 Å². The van der Waals surface area contributed by atoms with Crippen molar-refractivity contribution in [1.82, 2.24) is 15.0 Å². The van der Waals surface area contributed by atoms with E-state index in [0.717, 1.165) is 22.2 Å². The van der Waals surface area contributed by atoms with Crippen molar-refractivity contribution in [2.75, 3.05) is 0 Å². The van der Waals surface area contributed by atoms with Crippen LogP contribution in [0.1, 0.15) is 0 Å². The number of benzene rings is 1. The van der Waals surface area contributed by atoms with Crippen LogP contribution in [0.25, 0.3) is 22.2 Å². The van der Waals surface area contributed by atoms with Gasteiger partial charge < -0.3 is 4.98 Å². The number of aromatic amines is 1. The zero-order valence-electron chi connectivity index (χ0n) is 8.92. The molecule has 2 aromatic heterocycles. The Morgan fingerprint density at radius 2 is 1.65 bits per heavy atom. The number of aromatic nitrogens is 3. The van der Waals surface area contributed by atoms with Gasteiger partial charge in [-0.1, -0.05) is 6.07 Å². The second kappa shape index (κ2) is 3.83. The van der Waals surface area contributed by atoms with E-state index in [0.29, 0.717) is 0 Å². The molecule has 0 aliphatic rings. The number of fused-ring (bicyclic) bond motifs is 1. The maximum atomic E-state index is 11.2. The Morgan fingerprint density at radius 1 is 0.882 bits per heavy atom. The highest BCUT2D eigenvalue weighted by Gasteiger charge is 2.01. The molecule has 0 amide bonds. The highest BCUT2D eigenvalue weighted by atomic mass is 16.1. The number of nitrogens with one attached hydrogen (secondary N) is 1. The second-order valence-electron chi connectivity index (χ2n) is 3.70. The first-order valence-electron chi connectivity index (χ1n) is 5.23. The van der Waals surface area contributed by atoms with E-state index in [1.807, 2.05) is 24.3 Å². The lowest BCUT2D eigenvalue weighted by Crippen LogP contribution is -2.01. The molecule has 1 N–H and O–H groups in total. The maximum absolute atomic E-state index is 11.2. The molecule has 0 bridgehead atoms. The molecule has 0 aliphatic heterocycles. The van der Waals surface area contributed by atoms with E-state index in [1.54, 1.807) is 24.7 Å². The third-order valence-electron chi connectivity index (χ3n) is 2.58. The molecule has 82 valence electrons. The quantitative estimate of drug-likeness (QED) is 0.686. The maximum Gasteiger partial charge on any atom is 0.248 e. The summed E-state index contributed by atoms with van der Waals surface area (Å²) in [6.07, 6.45) is 4.96. The average molecular weight is 223 g/mol. The molecule has 4 nitrogen and oxygen atoms in total. The Kier molecular flexibility index (Phi) is 2.19. The summed E-state index contributed by atoms with van der Waals surface area (Å²) < 4.78 is 0. The number of hydrogen-bond donors (Lipinski definition) is 1. The third-order valence-corrected chi connectivity index (χ3v) is 2.58. The molecule has 3 aromatic rings. The summed E-state index contributed by atoms with van der Waals surface area (Å²) >= 11 is 0. The lowest BCUT2D eigenvalue weighted by Gasteiger charge is -2.02. The third kappa shape index (κ3) is 1.80. The highest BCUT2D eigenvalue weighted by molar-refractivity contribution is 5.80. The van der Waals surface area contributed by atoms with Gasteiger partial charge in [0.15, 0.2) is 0 Å². The lowest BCUT2D eigenvalue weighted by atomic mass is 10.1. The van der Waals surface area contributed by atoms with Crippen molar-refractivity contribution < 1.29 is 0 Å². The van der Waals surface area contributed by atoms with Crippen LogP contribution in [0.5, 0.6) is 0 Å². The van der Waals surface area contributed by atoms with Gasteiger partial charge >= 0.3 is 0 Å². The SMILES string of the molecule is O=c1cc(-c2ccc3nccnc3c2)cc[nH]1. The van der Waals surface area contributed by atoms with Crippen molar-refractivity contribution in [2.24, 2.45) is 0 Å². The van der Waals surface area contributed by atoms with Crippen molar-refractivity contribution in [2.45, 2.75) is 0 Å². The van der Waals surface area contributed by atoms with E-state index in [1.165, 1.54) is 0 Å². The molecule has 0 fully saturated rings. The minimum atomic E-state index is -0.109. The van der Waals surface area contributed by atoms with Crippen molar-refractivity contribution in [3.63, 3.8) is 0 Å². The van der Waals surface area contributed by atoms with Gasteiger partial charge in [0.2, 0.25) is 5.56 Å². The normalized spacial score (nSPS) is 10.6. The molecule has 3 rings (SSSR count). The Bertz CT molecular complexity index is 734. The van der Waals surface area contributed by atoms with Gasteiger partial charge in [-0.2, -0.15) is 0 Å². The molecule has 0 unspecified atom stereocenters. The molecule has 4 heteroatoms. The van der Waals surface area contributed by atoms with E-state index in [2.05, 4.69) is 15.0 Å². The van der Waals surface area contributed by atoms with Gasteiger partial charge in [0.25, 0.3) is 0 Å². The number of hydrogen-bond acceptors (Lipinski definition) is 3. The molecule has 0 saturated heterocycles. The predicted octanol–water partition coefficient (Wildman–Crippen LogP) is 1.99. The van der Waals surface area contributed by atoms with E-state index in [-0.39, 0.29) is 5.56 Å². The van der Waals surface area contributed by atoms with Crippen LogP contribution >= 0.6 is 0 Å². The van der Waals surface area contributed by atoms with Gasteiger partial charge in [-0.05, 0) is 29.3 Å². The fraction of sp³-hybridized carbons (Fsp3) is 0. The van der Waals surface area contributed by atoms with E-state index < -0.39 is 0 Å². The van der Waals surface area contributed by atoms with Crippen molar-refractivity contribution in [3.8, 4) is 11.1 Å². The van der Waals surface area contributed by atoms with E-state index in [4.69, 9.17) is 0 Å². The number of H-pyrrole nitrogens is 1. The number of pyridine rings is 1. The van der Waals surface area contributed by atoms with Gasteiger partial charge in [-0.25, -0.2) is 0 Å². The minimum absolute atomic E-state index is 0.109. The predicted molar refractivity (Wildman–Crippen MR) is 65.6 cm³/mol. The summed E-state index contributed by atoms with van der Waals surface area (Å²) in [7, 11) is 0. The fourth-order valence-electron chi connectivity index (χ4n) is 1.77. The van der Waals surface area contributed by atoms with Crippen LogP contribution in [0.3, 0.4) is 0 Å². The van der Waals surface area contributed by atoms with Crippen LogP contribution in [-0.4, -0.2) is 15.0 Å². The zero-order valence-corrected chi connectivity index (χ0v) is 8.92. The van der Waals surface area contributed by atoms with Crippen LogP contribution in [0.2, 0.25) is 0 Å². The number of rotatable bonds is 1. The molecule has 0 atom stereocenters. The molecular weight excluding hydrogens is 214 g/mol. The molecule has 17 heavy (non-hydrogen) atoms. The summed E-state index contributed by atoms with van der Waals surface area (Å²) in [5.74, 6) is 0. The van der Waals surface area contributed by atoms with Gasteiger partial charge in [0, 0.05) is 24.7 Å². The molecule has 0 radical (unpaired) electrons. The van der Waals surface area contributed by atoms with Crippen LogP contribution in [0.15, 0.2) is 53.7 Å². The fourth-order valence-corrected chi connectivity index (χ4v) is 1.77. The van der Waals surface area contributed by atoms with Crippen molar-refractivity contribution in [1.29, 1.82) is 0 Å². The van der Waals surface area contributed by atoms with Crippen molar-refractivity contribution in [3.05, 3.63) is 59.3 Å². The Labute approximate surface area is 97.0 Å². The van der Waals surface area contributed by atoms with Crippen molar-refractivity contribution >= 4 is 11.0 Å². The summed E-state index contributed by atoms with van der Waals surface area (Å²) in [6, 6.07) is 9.19. The van der Waals surface area contributed by atoms with Gasteiger partial charge in [0.1, 0.15) is 0 Å². The lowest BCUT2D eigenvalue weighted by molar-refractivity contribution is 1.24.